The Labute approximate surface area is 392 Å². The summed E-state index contributed by atoms with van der Waals surface area (Å²) in [6.07, 6.45) is 63.2. The van der Waals surface area contributed by atoms with Gasteiger partial charge in [-0.2, -0.15) is 0 Å². The predicted molar refractivity (Wildman–Crippen MR) is 273 cm³/mol. The van der Waals surface area contributed by atoms with Crippen LogP contribution in [0.5, 0.6) is 0 Å². The van der Waals surface area contributed by atoms with E-state index in [4.69, 9.17) is 4.74 Å². The molecule has 0 rings (SSSR count). The fourth-order valence-corrected chi connectivity index (χ4v) is 8.62. The largest absolute Gasteiger partial charge is 0.466 e. The fourth-order valence-electron chi connectivity index (χ4n) is 8.62. The Morgan fingerprint density at radius 3 is 1.17 bits per heavy atom. The SMILES string of the molecule is CCCC/C=C\CCCCCCCC(=O)OCCCCCCCCCCCCCC/C=C\CCCCCCCCCCCC(=O)NC(CO)C(O)CCCCCCCCCCCC. The van der Waals surface area contributed by atoms with Crippen LogP contribution in [0.1, 0.15) is 303 Å². The minimum absolute atomic E-state index is 0.00211. The van der Waals surface area contributed by atoms with Gasteiger partial charge in [0.05, 0.1) is 25.4 Å². The summed E-state index contributed by atoms with van der Waals surface area (Å²) in [4.78, 5) is 24.4. The summed E-state index contributed by atoms with van der Waals surface area (Å²) < 4.78 is 5.45. The Morgan fingerprint density at radius 1 is 0.429 bits per heavy atom. The highest BCUT2D eigenvalue weighted by molar-refractivity contribution is 5.76. The number of rotatable bonds is 52. The number of carbonyl (C=O) groups is 2. The second-order valence-corrected chi connectivity index (χ2v) is 19.3. The number of carbonyl (C=O) groups excluding carboxylic acids is 2. The maximum atomic E-state index is 12.4. The zero-order chi connectivity index (χ0) is 45.8. The molecule has 2 atom stereocenters. The molecular formula is C57H109NO5. The number of ether oxygens (including phenoxy) is 1. The van der Waals surface area contributed by atoms with E-state index in [0.29, 0.717) is 25.9 Å². The van der Waals surface area contributed by atoms with Crippen molar-refractivity contribution >= 4 is 11.9 Å². The standard InChI is InChI=1S/C57H109NO5/c1-3-5-7-9-11-13-30-35-39-43-47-51-57(62)63-52-48-44-40-36-32-29-27-25-23-21-19-17-15-16-18-20-22-24-26-28-31-34-38-42-46-50-56(61)58-54(53-59)55(60)49-45-41-37-33-14-12-10-8-6-4-2/h9,11,16,18,54-55,59-60H,3-8,10,12-15,17,19-53H2,1-2H3,(H,58,61)/b11-9-,18-16-. The lowest BCUT2D eigenvalue weighted by molar-refractivity contribution is -0.143. The first-order valence-corrected chi connectivity index (χ1v) is 28.1. The zero-order valence-corrected chi connectivity index (χ0v) is 42.3. The monoisotopic (exact) mass is 888 g/mol. The van der Waals surface area contributed by atoms with Gasteiger partial charge in [0.15, 0.2) is 0 Å². The Bertz CT molecular complexity index is 982. The van der Waals surface area contributed by atoms with E-state index in [-0.39, 0.29) is 18.5 Å². The van der Waals surface area contributed by atoms with Crippen LogP contribution in [0, 0.1) is 0 Å². The van der Waals surface area contributed by atoms with Crippen LogP contribution in [0.25, 0.3) is 0 Å². The highest BCUT2D eigenvalue weighted by Crippen LogP contribution is 2.17. The average Bonchev–Trinajstić information content (AvgIpc) is 3.28. The van der Waals surface area contributed by atoms with Gasteiger partial charge in [-0.05, 0) is 70.6 Å². The lowest BCUT2D eigenvalue weighted by Gasteiger charge is -2.22. The summed E-state index contributed by atoms with van der Waals surface area (Å²) in [6, 6.07) is -0.541. The topological polar surface area (TPSA) is 95.9 Å². The molecule has 0 bridgehead atoms. The first-order valence-electron chi connectivity index (χ1n) is 28.1. The van der Waals surface area contributed by atoms with Crippen LogP contribution in [0.3, 0.4) is 0 Å². The molecule has 0 aromatic rings. The van der Waals surface area contributed by atoms with Crippen molar-refractivity contribution in [3.63, 3.8) is 0 Å². The minimum atomic E-state index is -0.664. The molecule has 0 aromatic carbocycles. The highest BCUT2D eigenvalue weighted by Gasteiger charge is 2.20. The Morgan fingerprint density at radius 2 is 0.762 bits per heavy atom. The predicted octanol–water partition coefficient (Wildman–Crippen LogP) is 17.1. The van der Waals surface area contributed by atoms with E-state index in [0.717, 1.165) is 44.9 Å². The van der Waals surface area contributed by atoms with E-state index < -0.39 is 12.1 Å². The van der Waals surface area contributed by atoms with Gasteiger partial charge in [0, 0.05) is 12.8 Å². The van der Waals surface area contributed by atoms with Crippen molar-refractivity contribution in [2.75, 3.05) is 13.2 Å². The maximum absolute atomic E-state index is 12.4. The van der Waals surface area contributed by atoms with Crippen molar-refractivity contribution in [1.29, 1.82) is 0 Å². The van der Waals surface area contributed by atoms with E-state index in [9.17, 15) is 19.8 Å². The molecule has 0 saturated heterocycles. The van der Waals surface area contributed by atoms with Crippen molar-refractivity contribution in [2.45, 2.75) is 315 Å². The van der Waals surface area contributed by atoms with Gasteiger partial charge in [-0.15, -0.1) is 0 Å². The van der Waals surface area contributed by atoms with Gasteiger partial charge >= 0.3 is 5.97 Å². The molecule has 3 N–H and O–H groups in total. The number of unbranched alkanes of at least 4 members (excludes halogenated alkanes) is 37. The van der Waals surface area contributed by atoms with Crippen LogP contribution >= 0.6 is 0 Å². The third-order valence-corrected chi connectivity index (χ3v) is 13.0. The second kappa shape index (κ2) is 53.0. The van der Waals surface area contributed by atoms with Crippen molar-refractivity contribution in [3.8, 4) is 0 Å². The van der Waals surface area contributed by atoms with Gasteiger partial charge in [-0.3, -0.25) is 9.59 Å². The third-order valence-electron chi connectivity index (χ3n) is 13.0. The van der Waals surface area contributed by atoms with Crippen molar-refractivity contribution in [3.05, 3.63) is 24.3 Å². The van der Waals surface area contributed by atoms with Crippen molar-refractivity contribution in [2.24, 2.45) is 0 Å². The lowest BCUT2D eigenvalue weighted by atomic mass is 10.0. The Hall–Kier alpha value is -1.66. The number of esters is 1. The van der Waals surface area contributed by atoms with Gasteiger partial charge in [0.2, 0.25) is 5.91 Å². The fraction of sp³-hybridized carbons (Fsp3) is 0.895. The molecular weight excluding hydrogens is 779 g/mol. The molecule has 0 radical (unpaired) electrons. The van der Waals surface area contributed by atoms with Crippen LogP contribution in [0.4, 0.5) is 0 Å². The number of aliphatic hydroxyl groups is 2. The molecule has 0 aliphatic rings. The molecule has 0 aliphatic carbocycles. The summed E-state index contributed by atoms with van der Waals surface area (Å²) in [5.74, 6) is -0.0373. The Balaban J connectivity index is 3.38. The van der Waals surface area contributed by atoms with E-state index in [1.807, 2.05) is 0 Å². The molecule has 0 aliphatic heterocycles. The molecule has 0 heterocycles. The average molecular weight is 889 g/mol. The first kappa shape index (κ1) is 61.3. The summed E-state index contributed by atoms with van der Waals surface area (Å²) in [7, 11) is 0. The maximum Gasteiger partial charge on any atom is 0.305 e. The molecule has 1 amide bonds. The molecule has 2 unspecified atom stereocenters. The first-order chi connectivity index (χ1) is 31.0. The van der Waals surface area contributed by atoms with Crippen molar-refractivity contribution in [1.82, 2.24) is 5.32 Å². The van der Waals surface area contributed by atoms with Crippen molar-refractivity contribution < 1.29 is 24.5 Å². The summed E-state index contributed by atoms with van der Waals surface area (Å²) in [6.45, 7) is 4.90. The highest BCUT2D eigenvalue weighted by atomic mass is 16.5. The minimum Gasteiger partial charge on any atom is -0.466 e. The van der Waals surface area contributed by atoms with E-state index in [2.05, 4.69) is 43.5 Å². The number of hydrogen-bond acceptors (Lipinski definition) is 5. The van der Waals surface area contributed by atoms with Gasteiger partial charge in [0.25, 0.3) is 0 Å². The summed E-state index contributed by atoms with van der Waals surface area (Å²) in [5.41, 5.74) is 0. The van der Waals surface area contributed by atoms with E-state index in [1.165, 1.54) is 225 Å². The second-order valence-electron chi connectivity index (χ2n) is 19.3. The number of hydrogen-bond donors (Lipinski definition) is 3. The van der Waals surface area contributed by atoms with Crippen LogP contribution in [0.15, 0.2) is 24.3 Å². The molecule has 0 spiro atoms. The molecule has 0 fully saturated rings. The zero-order valence-electron chi connectivity index (χ0n) is 42.3. The molecule has 63 heavy (non-hydrogen) atoms. The van der Waals surface area contributed by atoms with Crippen LogP contribution in [0.2, 0.25) is 0 Å². The van der Waals surface area contributed by atoms with E-state index in [1.54, 1.807) is 0 Å². The normalized spacial score (nSPS) is 12.8. The quantitative estimate of drug-likeness (QED) is 0.0321. The molecule has 372 valence electrons. The van der Waals surface area contributed by atoms with Gasteiger partial charge < -0.3 is 20.3 Å². The smallest absolute Gasteiger partial charge is 0.305 e. The number of aliphatic hydroxyl groups excluding tert-OH is 2. The van der Waals surface area contributed by atoms with Gasteiger partial charge in [0.1, 0.15) is 0 Å². The van der Waals surface area contributed by atoms with Crippen LogP contribution < -0.4 is 5.32 Å². The van der Waals surface area contributed by atoms with Crippen LogP contribution in [-0.2, 0) is 14.3 Å². The van der Waals surface area contributed by atoms with Gasteiger partial charge in [-0.1, -0.05) is 244 Å². The summed E-state index contributed by atoms with van der Waals surface area (Å²) in [5, 5.41) is 23.1. The molecule has 6 heteroatoms. The number of nitrogens with one attached hydrogen (secondary N) is 1. The van der Waals surface area contributed by atoms with E-state index >= 15 is 0 Å². The number of allylic oxidation sites excluding steroid dienone is 4. The third kappa shape index (κ3) is 49.6. The molecule has 6 nitrogen and oxygen atoms in total. The molecule has 0 saturated carbocycles. The Kier molecular flexibility index (Phi) is 51.6. The summed E-state index contributed by atoms with van der Waals surface area (Å²) >= 11 is 0. The van der Waals surface area contributed by atoms with Crippen LogP contribution in [-0.4, -0.2) is 47.4 Å². The molecule has 0 aromatic heterocycles. The van der Waals surface area contributed by atoms with Gasteiger partial charge in [-0.25, -0.2) is 0 Å². The lowest BCUT2D eigenvalue weighted by Crippen LogP contribution is -2.45. The number of amides is 1.